The van der Waals surface area contributed by atoms with Gasteiger partial charge in [0.15, 0.2) is 0 Å². The summed E-state index contributed by atoms with van der Waals surface area (Å²) in [5.41, 5.74) is 15.7. The van der Waals surface area contributed by atoms with E-state index in [4.69, 9.17) is 14.2 Å². The summed E-state index contributed by atoms with van der Waals surface area (Å²) in [4.78, 5) is 46.4. The van der Waals surface area contributed by atoms with Gasteiger partial charge in [-0.3, -0.25) is 29.1 Å². The second kappa shape index (κ2) is 37.3. The van der Waals surface area contributed by atoms with Crippen LogP contribution in [0, 0.1) is 0 Å². The number of nitrogens with one attached hydrogen (secondary N) is 3. The van der Waals surface area contributed by atoms with Crippen molar-refractivity contribution in [2.24, 2.45) is 0 Å². The highest BCUT2D eigenvalue weighted by Gasteiger charge is 2.71. The number of ether oxygens (including phenoxy) is 3. The third-order valence-electron chi connectivity index (χ3n) is 34.5. The highest BCUT2D eigenvalue weighted by Crippen LogP contribution is 2.68. The molecule has 6 aliphatic heterocycles. The minimum Gasteiger partial charge on any atom is -0.497 e. The lowest BCUT2D eigenvalue weighted by atomic mass is 9.81. The number of sulfonamides is 6. The Morgan fingerprint density at radius 1 is 0.376 bits per heavy atom. The molecule has 12 atom stereocenters. The summed E-state index contributed by atoms with van der Waals surface area (Å²) in [6.45, 7) is 20.4. The maximum atomic E-state index is 15.0. The Bertz CT molecular complexity index is 7230. The van der Waals surface area contributed by atoms with Crippen LogP contribution in [0.5, 0.6) is 17.2 Å². The second-order valence-corrected chi connectivity index (χ2v) is 56.0. The molecule has 9 aromatic rings. The number of piperazine rings is 3. The van der Waals surface area contributed by atoms with Crippen LogP contribution in [0.3, 0.4) is 0 Å². The van der Waals surface area contributed by atoms with Gasteiger partial charge in [-0.05, 0) is 283 Å². The van der Waals surface area contributed by atoms with Crippen LogP contribution in [-0.4, -0.2) is 259 Å². The lowest BCUT2D eigenvalue weighted by Gasteiger charge is -2.43. The number of benzene rings is 6. The fourth-order valence-corrected chi connectivity index (χ4v) is 34.6. The van der Waals surface area contributed by atoms with Crippen LogP contribution in [0.1, 0.15) is 278 Å². The van der Waals surface area contributed by atoms with E-state index in [-0.39, 0.29) is 102 Å². The summed E-state index contributed by atoms with van der Waals surface area (Å²) >= 11 is 0. The average molecular weight is 2050 g/mol. The van der Waals surface area contributed by atoms with E-state index in [1.165, 1.54) is 56.7 Å². The molecule has 9 heterocycles. The summed E-state index contributed by atoms with van der Waals surface area (Å²) in [5.74, 6) is 0.0397. The number of hydrogen-bond acceptors (Lipinski definition) is 21. The number of carbonyl (C=O) groups is 3. The summed E-state index contributed by atoms with van der Waals surface area (Å²) in [7, 11) is -11.7. The van der Waals surface area contributed by atoms with Crippen LogP contribution in [-0.2, 0) is 79.8 Å². The normalized spacial score (nSPS) is 27.1. The topological polar surface area (TPSA) is 354 Å². The standard InChI is InChI=1S/C36H48N4O6S2.C35H46N4O6S2.C34H44N4O6S2/c1-22(2)47(42,43)37-35(41)26-12-14-29-32(16-26)40-21-36(48(44,45)39-19-23(3)38(5)24(4)20-39)18-31(36)30-17-27(46-6)13-15-28(30)34(40)33(29)25-10-8-7-9-11-25;1-6-46(41,42)36-34(40)25-12-14-28-31(16-25)39-21-35(47(43,44)38-19-22(2)37(4)23(3)20-38)18-30(35)29-17-26(45-5)13-15-27(29)33(39)32(28)24-10-8-7-9-11-24;1-21-18-37(19-22(2)36(21)3)46(42,43)34-17-29(34)28-16-25(44-4)12-14-26(28)32-31(23-9-7-6-8-10-23)27-13-11-24(15-30(27)38(32)20-34)33(39)35-45(5,40)41/h12-17,22-25,31H,7-11,18-21H2,1-6H3,(H,37,41);12-17,22-24,30H,6-11,18-21H2,1-5H3,(H,36,40);11-16,21-23,29H,6-10,17-20H2,1-5H3,(H,35,39)/t23-,24+,31?,36?;22-,23+,30?,35?;21-,22+,29?,34?. The third-order valence-corrected chi connectivity index (χ3v) is 45.7. The van der Waals surface area contributed by atoms with E-state index in [9.17, 15) is 56.5 Å². The van der Waals surface area contributed by atoms with Crippen molar-refractivity contribution in [3.8, 4) is 51.0 Å². The Morgan fingerprint density at radius 3 is 0.901 bits per heavy atom. The Morgan fingerprint density at radius 2 is 0.645 bits per heavy atom. The SMILES string of the molecule is CCS(=O)(=O)NC(=O)c1ccc2c(C3CCCCC3)c3n(c2c1)CC1(S(=O)(=O)N2C[C@@H](C)N(C)[C@@H](C)C2)CC1c1cc(OC)ccc1-3.COc1ccc2c(c1)C1CC1(S(=O)(=O)N1C[C@@H](C)N(C)[C@@H](C)C1)Cn1c-2c(C2CCCCC2)c2ccc(C(=O)NS(=O)(=O)C(C)C)cc21.COc1ccc2c(c1)C1CC1(S(=O)(=O)N1C[C@@H](C)N(C)[C@@H](C)C1)Cn1c-2c(C2CCCCC2)c2ccc(C(=O)NS(C)(=O)=O)cc21. The highest BCUT2D eigenvalue weighted by atomic mass is 32.2. The van der Waals surface area contributed by atoms with E-state index in [2.05, 4.69) is 116 Å². The van der Waals surface area contributed by atoms with Gasteiger partial charge in [0, 0.05) is 179 Å². The van der Waals surface area contributed by atoms with Crippen molar-refractivity contribution in [2.45, 2.75) is 289 Å². The van der Waals surface area contributed by atoms with Crippen LogP contribution in [0.4, 0.5) is 0 Å². The molecule has 0 bridgehead atoms. The maximum Gasteiger partial charge on any atom is 0.264 e. The summed E-state index contributed by atoms with van der Waals surface area (Å²) in [5, 5.41) is 2.22. The number of nitrogens with zero attached hydrogens (tertiary/aromatic N) is 9. The van der Waals surface area contributed by atoms with Gasteiger partial charge in [-0.2, -0.15) is 12.9 Å². The fraction of sp³-hybridized carbons (Fsp3) is 0.571. The molecule has 6 saturated carbocycles. The van der Waals surface area contributed by atoms with Crippen LogP contribution >= 0.6 is 0 Å². The van der Waals surface area contributed by atoms with Crippen molar-refractivity contribution in [3.05, 3.63) is 159 Å². The van der Waals surface area contributed by atoms with Crippen molar-refractivity contribution in [1.29, 1.82) is 0 Å². The van der Waals surface area contributed by atoms with E-state index >= 15 is 8.42 Å². The largest absolute Gasteiger partial charge is 0.497 e. The first-order chi connectivity index (χ1) is 66.8. The molecule has 141 heavy (non-hydrogen) atoms. The highest BCUT2D eigenvalue weighted by molar-refractivity contribution is 7.92. The molecule has 3 N–H and O–H groups in total. The molecule has 6 aromatic carbocycles. The smallest absolute Gasteiger partial charge is 0.264 e. The molecule has 3 amide bonds. The van der Waals surface area contributed by atoms with E-state index < -0.39 is 97.4 Å². The lowest BCUT2D eigenvalue weighted by molar-refractivity contribution is 0.0972. The van der Waals surface area contributed by atoms with Crippen molar-refractivity contribution in [2.75, 3.05) is 93.7 Å². The first kappa shape index (κ1) is 101. The number of rotatable bonds is 20. The Kier molecular flexibility index (Phi) is 26.7. The predicted octanol–water partition coefficient (Wildman–Crippen LogP) is 15.1. The van der Waals surface area contributed by atoms with Gasteiger partial charge in [0.1, 0.15) is 31.5 Å². The fourth-order valence-electron chi connectivity index (χ4n) is 25.5. The van der Waals surface area contributed by atoms with Gasteiger partial charge >= 0.3 is 0 Å². The molecule has 3 saturated heterocycles. The number of likely N-dealkylation sites (N-methyl/N-ethyl adjacent to an activating group) is 3. The van der Waals surface area contributed by atoms with Crippen LogP contribution in [0.15, 0.2) is 109 Å². The number of carbonyl (C=O) groups excluding carboxylic acids is 3. The van der Waals surface area contributed by atoms with E-state index in [0.717, 1.165) is 166 Å². The summed E-state index contributed by atoms with van der Waals surface area (Å²) < 4.78 is 196. The minimum atomic E-state index is -3.84. The molecule has 9 fully saturated rings. The first-order valence-electron chi connectivity index (χ1n) is 50.6. The number of methoxy groups -OCH3 is 3. The molecule has 762 valence electrons. The minimum absolute atomic E-state index is 0.0827. The number of amides is 3. The van der Waals surface area contributed by atoms with Gasteiger partial charge in [0.05, 0.1) is 55.7 Å². The zero-order valence-electron chi connectivity index (χ0n) is 84.0. The Balaban J connectivity index is 0.000000135. The van der Waals surface area contributed by atoms with Crippen LogP contribution < -0.4 is 28.4 Å². The van der Waals surface area contributed by atoms with Gasteiger partial charge < -0.3 is 27.9 Å². The quantitative estimate of drug-likeness (QED) is 0.0638. The average Bonchev–Trinajstić information content (AvgIpc) is 1.51. The predicted molar refractivity (Wildman–Crippen MR) is 552 cm³/mol. The molecule has 0 radical (unpaired) electrons. The molecule has 6 aliphatic carbocycles. The van der Waals surface area contributed by atoms with E-state index in [1.807, 2.05) is 61.6 Å². The van der Waals surface area contributed by atoms with Crippen molar-refractivity contribution < 1.29 is 79.1 Å². The second-order valence-electron chi connectivity index (χ2n) is 43.2. The molecule has 30 nitrogen and oxygen atoms in total. The molecule has 12 aliphatic rings. The first-order valence-corrected chi connectivity index (χ1v) is 60.0. The molecular weight excluding hydrogens is 1910 g/mol. The monoisotopic (exact) mass is 2050 g/mol. The van der Waals surface area contributed by atoms with Crippen molar-refractivity contribution >= 4 is 111 Å². The molecule has 21 rings (SSSR count). The Hall–Kier alpha value is -8.79. The number of fused-ring (bicyclic) bond motifs is 21. The molecule has 0 spiro atoms. The van der Waals surface area contributed by atoms with Gasteiger partial charge in [-0.1, -0.05) is 76.0 Å². The van der Waals surface area contributed by atoms with E-state index in [0.29, 0.717) is 87.6 Å². The molecule has 3 aromatic heterocycles. The third kappa shape index (κ3) is 17.5. The molecule has 36 heteroatoms. The number of hydrogen-bond donors (Lipinski definition) is 3. The van der Waals surface area contributed by atoms with Gasteiger partial charge in [0.25, 0.3) is 17.7 Å². The Labute approximate surface area is 832 Å². The van der Waals surface area contributed by atoms with Crippen LogP contribution in [0.2, 0.25) is 0 Å². The van der Waals surface area contributed by atoms with Gasteiger partial charge in [-0.25, -0.2) is 64.7 Å². The van der Waals surface area contributed by atoms with Crippen molar-refractivity contribution in [3.63, 3.8) is 0 Å². The zero-order valence-corrected chi connectivity index (χ0v) is 88.9. The molecular formula is C105H138N12O18S6. The van der Waals surface area contributed by atoms with Gasteiger partial charge in [-0.15, -0.1) is 0 Å². The maximum absolute atomic E-state index is 15.0. The summed E-state index contributed by atoms with van der Waals surface area (Å²) in [6.07, 6.45) is 19.0. The van der Waals surface area contributed by atoms with Crippen LogP contribution in [0.25, 0.3) is 66.5 Å². The number of aromatic nitrogens is 3. The van der Waals surface area contributed by atoms with Gasteiger partial charge in [0.2, 0.25) is 60.1 Å². The summed E-state index contributed by atoms with van der Waals surface area (Å²) in [6, 6.07) is 34.8. The van der Waals surface area contributed by atoms with Crippen molar-refractivity contribution in [1.82, 2.24) is 55.5 Å². The molecule has 6 unspecified atom stereocenters. The zero-order chi connectivity index (χ0) is 101. The lowest BCUT2D eigenvalue weighted by Crippen LogP contribution is -2.58. The van der Waals surface area contributed by atoms with E-state index in [1.54, 1.807) is 70.6 Å².